The smallest absolute Gasteiger partial charge is 0.308 e. The van der Waals surface area contributed by atoms with Crippen molar-refractivity contribution >= 4 is 17.5 Å². The molecule has 0 aliphatic rings. The van der Waals surface area contributed by atoms with Crippen LogP contribution in [0.1, 0.15) is 22.7 Å². The molecular weight excluding hydrogens is 326 g/mol. The van der Waals surface area contributed by atoms with E-state index in [0.29, 0.717) is 17.1 Å². The number of nitrogens with one attached hydrogen (secondary N) is 1. The van der Waals surface area contributed by atoms with Crippen molar-refractivity contribution in [2.45, 2.75) is 12.8 Å². The van der Waals surface area contributed by atoms with Crippen LogP contribution in [0.3, 0.4) is 0 Å². The van der Waals surface area contributed by atoms with Crippen LogP contribution in [0.25, 0.3) is 11.5 Å². The molecule has 3 aromatic rings. The summed E-state index contributed by atoms with van der Waals surface area (Å²) in [6.07, 6.45) is 1.74. The van der Waals surface area contributed by atoms with Crippen LogP contribution >= 0.6 is 11.6 Å². The van der Waals surface area contributed by atoms with Gasteiger partial charge in [0.2, 0.25) is 5.89 Å². The number of carbonyl (C=O) groups is 1. The molecule has 122 valence electrons. The van der Waals surface area contributed by atoms with Crippen molar-refractivity contribution in [1.82, 2.24) is 15.5 Å². The molecule has 0 aliphatic carbocycles. The number of rotatable bonds is 6. The highest BCUT2D eigenvalue weighted by Crippen LogP contribution is 2.21. The van der Waals surface area contributed by atoms with Gasteiger partial charge in [0.25, 0.3) is 0 Å². The number of amides is 1. The highest BCUT2D eigenvalue weighted by Gasteiger charge is 2.15. The summed E-state index contributed by atoms with van der Waals surface area (Å²) < 4.78 is 5.41. The Morgan fingerprint density at radius 1 is 1.08 bits per heavy atom. The molecule has 1 N–H and O–H groups in total. The van der Waals surface area contributed by atoms with Crippen molar-refractivity contribution < 1.29 is 9.21 Å². The number of aryl methyl sites for hydroxylation is 1. The van der Waals surface area contributed by atoms with Gasteiger partial charge in [-0.05, 0) is 36.6 Å². The zero-order chi connectivity index (χ0) is 16.8. The molecule has 3 rings (SSSR count). The van der Waals surface area contributed by atoms with Crippen LogP contribution in [-0.4, -0.2) is 22.6 Å². The molecule has 0 radical (unpaired) electrons. The highest BCUT2D eigenvalue weighted by atomic mass is 35.5. The van der Waals surface area contributed by atoms with Gasteiger partial charge in [0.15, 0.2) is 0 Å². The average molecular weight is 342 g/mol. The first kappa shape index (κ1) is 16.2. The molecule has 0 bridgehead atoms. The first-order valence-electron chi connectivity index (χ1n) is 7.64. The minimum Gasteiger partial charge on any atom is -0.412 e. The zero-order valence-electron chi connectivity index (χ0n) is 12.9. The molecule has 0 unspecified atom stereocenters. The van der Waals surface area contributed by atoms with E-state index in [1.807, 2.05) is 18.2 Å². The van der Waals surface area contributed by atoms with Gasteiger partial charge < -0.3 is 9.73 Å². The van der Waals surface area contributed by atoms with Gasteiger partial charge in [0.05, 0.1) is 0 Å². The summed E-state index contributed by atoms with van der Waals surface area (Å²) in [5.74, 6) is -0.152. The SMILES string of the molecule is O=C(NCCCc1ccccc1)c1nnc(-c2cccc(Cl)c2)o1. The quantitative estimate of drug-likeness (QED) is 0.693. The Morgan fingerprint density at radius 2 is 1.92 bits per heavy atom. The molecule has 0 aliphatic heterocycles. The van der Waals surface area contributed by atoms with Gasteiger partial charge in [-0.15, -0.1) is 10.2 Å². The van der Waals surface area contributed by atoms with E-state index in [9.17, 15) is 4.79 Å². The highest BCUT2D eigenvalue weighted by molar-refractivity contribution is 6.30. The van der Waals surface area contributed by atoms with Crippen molar-refractivity contribution in [3.05, 3.63) is 71.1 Å². The van der Waals surface area contributed by atoms with Gasteiger partial charge in [-0.25, -0.2) is 0 Å². The maximum atomic E-state index is 12.0. The van der Waals surface area contributed by atoms with Crippen LogP contribution in [0.15, 0.2) is 59.0 Å². The van der Waals surface area contributed by atoms with E-state index in [2.05, 4.69) is 27.6 Å². The van der Waals surface area contributed by atoms with Crippen molar-refractivity contribution in [1.29, 1.82) is 0 Å². The zero-order valence-corrected chi connectivity index (χ0v) is 13.7. The summed E-state index contributed by atoms with van der Waals surface area (Å²) in [5.41, 5.74) is 1.92. The van der Waals surface area contributed by atoms with E-state index in [0.717, 1.165) is 12.8 Å². The fourth-order valence-electron chi connectivity index (χ4n) is 2.27. The molecule has 24 heavy (non-hydrogen) atoms. The van der Waals surface area contributed by atoms with Gasteiger partial charge in [0, 0.05) is 17.1 Å². The van der Waals surface area contributed by atoms with Crippen molar-refractivity contribution in [3.63, 3.8) is 0 Å². The van der Waals surface area contributed by atoms with Gasteiger partial charge in [-0.2, -0.15) is 0 Å². The van der Waals surface area contributed by atoms with Crippen LogP contribution in [0.5, 0.6) is 0 Å². The Balaban J connectivity index is 1.52. The number of carbonyl (C=O) groups excluding carboxylic acids is 1. The van der Waals surface area contributed by atoms with Crippen molar-refractivity contribution in [2.75, 3.05) is 6.54 Å². The Morgan fingerprint density at radius 3 is 2.71 bits per heavy atom. The van der Waals surface area contributed by atoms with E-state index in [-0.39, 0.29) is 17.7 Å². The number of hydrogen-bond acceptors (Lipinski definition) is 4. The van der Waals surface area contributed by atoms with Crippen molar-refractivity contribution in [3.8, 4) is 11.5 Å². The molecule has 0 saturated carbocycles. The predicted molar refractivity (Wildman–Crippen MR) is 91.8 cm³/mol. The summed E-state index contributed by atoms with van der Waals surface area (Å²) in [5, 5.41) is 11.0. The molecule has 5 nitrogen and oxygen atoms in total. The second-order valence-corrected chi connectivity index (χ2v) is 5.70. The predicted octanol–water partition coefficient (Wildman–Crippen LogP) is 3.75. The Bertz CT molecular complexity index is 818. The third-order valence-electron chi connectivity index (χ3n) is 3.46. The first-order chi connectivity index (χ1) is 11.7. The number of nitrogens with zero attached hydrogens (tertiary/aromatic N) is 2. The average Bonchev–Trinajstić information content (AvgIpc) is 3.10. The van der Waals surface area contributed by atoms with Gasteiger partial charge in [-0.3, -0.25) is 4.79 Å². The molecule has 2 aromatic carbocycles. The second-order valence-electron chi connectivity index (χ2n) is 5.27. The van der Waals surface area contributed by atoms with E-state index in [1.165, 1.54) is 5.56 Å². The van der Waals surface area contributed by atoms with Crippen LogP contribution in [-0.2, 0) is 6.42 Å². The van der Waals surface area contributed by atoms with Crippen LogP contribution in [0.2, 0.25) is 5.02 Å². The third-order valence-corrected chi connectivity index (χ3v) is 3.70. The Labute approximate surface area is 144 Å². The molecule has 0 spiro atoms. The minimum atomic E-state index is -0.371. The number of halogens is 1. The largest absolute Gasteiger partial charge is 0.412 e. The molecule has 0 fully saturated rings. The maximum absolute atomic E-state index is 12.0. The first-order valence-corrected chi connectivity index (χ1v) is 8.02. The standard InChI is InChI=1S/C18H16ClN3O2/c19-15-10-4-9-14(12-15)17-21-22-18(24-17)16(23)20-11-5-8-13-6-2-1-3-7-13/h1-4,6-7,9-10,12H,5,8,11H2,(H,20,23). The molecule has 0 atom stereocenters. The van der Waals surface area contributed by atoms with E-state index in [1.54, 1.807) is 24.3 Å². The molecule has 6 heteroatoms. The number of aromatic nitrogens is 2. The fourth-order valence-corrected chi connectivity index (χ4v) is 2.46. The van der Waals surface area contributed by atoms with E-state index < -0.39 is 0 Å². The lowest BCUT2D eigenvalue weighted by Gasteiger charge is -2.02. The minimum absolute atomic E-state index is 0.0512. The molecule has 1 aromatic heterocycles. The molecule has 1 heterocycles. The summed E-state index contributed by atoms with van der Waals surface area (Å²) in [6, 6.07) is 17.2. The summed E-state index contributed by atoms with van der Waals surface area (Å²) in [7, 11) is 0. The van der Waals surface area contributed by atoms with Crippen LogP contribution in [0.4, 0.5) is 0 Å². The van der Waals surface area contributed by atoms with E-state index >= 15 is 0 Å². The summed E-state index contributed by atoms with van der Waals surface area (Å²) in [4.78, 5) is 12.0. The summed E-state index contributed by atoms with van der Waals surface area (Å²) in [6.45, 7) is 0.544. The van der Waals surface area contributed by atoms with Crippen LogP contribution in [0, 0.1) is 0 Å². The molecule has 0 saturated heterocycles. The summed E-state index contributed by atoms with van der Waals surface area (Å²) >= 11 is 5.93. The third kappa shape index (κ3) is 4.20. The Hall–Kier alpha value is -2.66. The maximum Gasteiger partial charge on any atom is 0.308 e. The normalized spacial score (nSPS) is 10.5. The van der Waals surface area contributed by atoms with Gasteiger partial charge >= 0.3 is 11.8 Å². The van der Waals surface area contributed by atoms with Gasteiger partial charge in [0.1, 0.15) is 0 Å². The molecule has 1 amide bonds. The monoisotopic (exact) mass is 341 g/mol. The Kier molecular flexibility index (Phi) is 5.23. The lowest BCUT2D eigenvalue weighted by atomic mass is 10.1. The van der Waals surface area contributed by atoms with Crippen molar-refractivity contribution in [2.24, 2.45) is 0 Å². The van der Waals surface area contributed by atoms with E-state index in [4.69, 9.17) is 16.0 Å². The fraction of sp³-hybridized carbons (Fsp3) is 0.167. The van der Waals surface area contributed by atoms with Crippen LogP contribution < -0.4 is 5.32 Å². The lowest BCUT2D eigenvalue weighted by Crippen LogP contribution is -2.25. The second kappa shape index (κ2) is 7.75. The number of benzene rings is 2. The lowest BCUT2D eigenvalue weighted by molar-refractivity contribution is 0.0919. The molecular formula is C18H16ClN3O2. The number of hydrogen-bond donors (Lipinski definition) is 1. The van der Waals surface area contributed by atoms with Gasteiger partial charge in [-0.1, -0.05) is 48.0 Å². The topological polar surface area (TPSA) is 68.0 Å².